The van der Waals surface area contributed by atoms with E-state index >= 15 is 0 Å². The van der Waals surface area contributed by atoms with Crippen molar-refractivity contribution in [3.63, 3.8) is 0 Å². The van der Waals surface area contributed by atoms with Crippen molar-refractivity contribution in [2.45, 2.75) is 9.79 Å². The number of H-pyrrole nitrogens is 1. The number of nitrogens with two attached hydrogens (primary N) is 2. The van der Waals surface area contributed by atoms with Crippen LogP contribution < -0.4 is 10.3 Å². The van der Waals surface area contributed by atoms with Crippen LogP contribution in [0.15, 0.2) is 58.5 Å². The summed E-state index contributed by atoms with van der Waals surface area (Å²) in [6, 6.07) is 10.7. The fraction of sp³-hybridized carbons (Fsp3) is 0. The molecule has 0 saturated carbocycles. The molecular weight excluding hydrogens is 338 g/mol. The van der Waals surface area contributed by atoms with E-state index < -0.39 is 20.0 Å². The molecule has 0 aliphatic heterocycles. The maximum atomic E-state index is 11.7. The Morgan fingerprint density at radius 2 is 1.52 bits per heavy atom. The summed E-state index contributed by atoms with van der Waals surface area (Å²) >= 11 is 0. The van der Waals surface area contributed by atoms with Crippen molar-refractivity contribution >= 4 is 30.9 Å². The minimum absolute atomic E-state index is 0.00331. The van der Waals surface area contributed by atoms with Crippen molar-refractivity contribution in [2.75, 3.05) is 0 Å². The van der Waals surface area contributed by atoms with Crippen LogP contribution in [0.1, 0.15) is 0 Å². The van der Waals surface area contributed by atoms with Crippen LogP contribution in [0, 0.1) is 0 Å². The van der Waals surface area contributed by atoms with Gasteiger partial charge in [0, 0.05) is 28.2 Å². The quantitative estimate of drug-likeness (QED) is 0.651. The van der Waals surface area contributed by atoms with E-state index in [4.69, 9.17) is 10.3 Å². The van der Waals surface area contributed by atoms with Crippen LogP contribution in [0.4, 0.5) is 0 Å². The van der Waals surface area contributed by atoms with Crippen LogP contribution in [0.3, 0.4) is 0 Å². The SMILES string of the molecule is NS(=O)(=O)c1ccc2c(-c3ccccc3S(N)(=O)=O)c[nH]c2c1. The van der Waals surface area contributed by atoms with Crippen LogP contribution in [0.25, 0.3) is 22.0 Å². The molecule has 0 saturated heterocycles. The van der Waals surface area contributed by atoms with E-state index in [1.165, 1.54) is 18.2 Å². The molecule has 0 unspecified atom stereocenters. The number of sulfonamides is 2. The molecular formula is C14H13N3O4S2. The molecule has 0 atom stereocenters. The Morgan fingerprint density at radius 1 is 0.826 bits per heavy atom. The van der Waals surface area contributed by atoms with Gasteiger partial charge in [0.1, 0.15) is 0 Å². The highest BCUT2D eigenvalue weighted by atomic mass is 32.2. The topological polar surface area (TPSA) is 136 Å². The van der Waals surface area contributed by atoms with Gasteiger partial charge in [-0.05, 0) is 18.2 Å². The molecule has 9 heteroatoms. The Hall–Kier alpha value is -2.20. The third kappa shape index (κ3) is 2.86. The Morgan fingerprint density at radius 3 is 2.17 bits per heavy atom. The van der Waals surface area contributed by atoms with Crippen LogP contribution in [0.5, 0.6) is 0 Å². The van der Waals surface area contributed by atoms with Crippen molar-refractivity contribution in [2.24, 2.45) is 10.3 Å². The smallest absolute Gasteiger partial charge is 0.238 e. The molecule has 0 fully saturated rings. The van der Waals surface area contributed by atoms with E-state index in [1.807, 2.05) is 0 Å². The summed E-state index contributed by atoms with van der Waals surface area (Å²) in [5.41, 5.74) is 1.56. The number of rotatable bonds is 3. The van der Waals surface area contributed by atoms with Crippen molar-refractivity contribution in [3.05, 3.63) is 48.7 Å². The minimum atomic E-state index is -3.89. The Labute approximate surface area is 133 Å². The van der Waals surface area contributed by atoms with Gasteiger partial charge in [0.15, 0.2) is 0 Å². The Balaban J connectivity index is 2.28. The maximum absolute atomic E-state index is 11.7. The lowest BCUT2D eigenvalue weighted by Crippen LogP contribution is -2.13. The zero-order valence-corrected chi connectivity index (χ0v) is 13.4. The summed E-state index contributed by atoms with van der Waals surface area (Å²) in [5.74, 6) is 0. The van der Waals surface area contributed by atoms with Gasteiger partial charge in [-0.15, -0.1) is 0 Å². The zero-order chi connectivity index (χ0) is 16.8. The van der Waals surface area contributed by atoms with Gasteiger partial charge in [0.2, 0.25) is 20.0 Å². The van der Waals surface area contributed by atoms with Gasteiger partial charge in [-0.1, -0.05) is 24.3 Å². The monoisotopic (exact) mass is 351 g/mol. The molecule has 23 heavy (non-hydrogen) atoms. The van der Waals surface area contributed by atoms with Crippen LogP contribution in [-0.2, 0) is 20.0 Å². The standard InChI is InChI=1S/C14H13N3O4S2/c15-22(18,19)9-5-6-10-12(8-17-13(10)7-9)11-3-1-2-4-14(11)23(16,20)21/h1-8,17H,(H2,15,18,19)(H2,16,20,21). The van der Waals surface area contributed by atoms with Gasteiger partial charge in [-0.2, -0.15) is 0 Å². The highest BCUT2D eigenvalue weighted by Crippen LogP contribution is 2.33. The van der Waals surface area contributed by atoms with Crippen molar-refractivity contribution in [3.8, 4) is 11.1 Å². The molecule has 0 bridgehead atoms. The third-order valence-electron chi connectivity index (χ3n) is 3.47. The van der Waals surface area contributed by atoms with E-state index in [1.54, 1.807) is 30.5 Å². The van der Waals surface area contributed by atoms with Gasteiger partial charge in [-0.25, -0.2) is 27.1 Å². The van der Waals surface area contributed by atoms with Gasteiger partial charge in [0.25, 0.3) is 0 Å². The van der Waals surface area contributed by atoms with E-state index in [9.17, 15) is 16.8 Å². The van der Waals surface area contributed by atoms with E-state index in [0.29, 0.717) is 22.0 Å². The lowest BCUT2D eigenvalue weighted by atomic mass is 10.0. The molecule has 0 radical (unpaired) electrons. The second kappa shape index (κ2) is 5.17. The summed E-state index contributed by atoms with van der Waals surface area (Å²) in [4.78, 5) is 2.89. The normalized spacial score (nSPS) is 12.6. The van der Waals surface area contributed by atoms with E-state index in [-0.39, 0.29) is 9.79 Å². The molecule has 3 aromatic rings. The summed E-state index contributed by atoms with van der Waals surface area (Å²) < 4.78 is 46.3. The highest BCUT2D eigenvalue weighted by Gasteiger charge is 2.18. The molecule has 1 aromatic heterocycles. The highest BCUT2D eigenvalue weighted by molar-refractivity contribution is 7.89. The van der Waals surface area contributed by atoms with Crippen LogP contribution in [-0.4, -0.2) is 21.8 Å². The van der Waals surface area contributed by atoms with Gasteiger partial charge >= 0.3 is 0 Å². The molecule has 120 valence electrons. The number of fused-ring (bicyclic) bond motifs is 1. The Kier molecular flexibility index (Phi) is 3.52. The minimum Gasteiger partial charge on any atom is -0.361 e. The molecule has 3 rings (SSSR count). The fourth-order valence-electron chi connectivity index (χ4n) is 2.44. The van der Waals surface area contributed by atoms with Crippen molar-refractivity contribution < 1.29 is 16.8 Å². The largest absolute Gasteiger partial charge is 0.361 e. The maximum Gasteiger partial charge on any atom is 0.238 e. The zero-order valence-electron chi connectivity index (χ0n) is 11.7. The predicted molar refractivity (Wildman–Crippen MR) is 86.5 cm³/mol. The lowest BCUT2D eigenvalue weighted by Gasteiger charge is -2.07. The molecule has 7 nitrogen and oxygen atoms in total. The number of aromatic nitrogens is 1. The van der Waals surface area contributed by atoms with Gasteiger partial charge in [0.05, 0.1) is 9.79 Å². The second-order valence-electron chi connectivity index (χ2n) is 5.00. The summed E-state index contributed by atoms with van der Waals surface area (Å²) in [6.07, 6.45) is 1.60. The number of benzene rings is 2. The summed E-state index contributed by atoms with van der Waals surface area (Å²) in [7, 11) is -7.71. The fourth-order valence-corrected chi connectivity index (χ4v) is 3.73. The first-order valence-electron chi connectivity index (χ1n) is 6.44. The first-order chi connectivity index (χ1) is 10.7. The van der Waals surface area contributed by atoms with E-state index in [2.05, 4.69) is 4.98 Å². The summed E-state index contributed by atoms with van der Waals surface area (Å²) in [6.45, 7) is 0. The van der Waals surface area contributed by atoms with Crippen LogP contribution in [0.2, 0.25) is 0 Å². The average molecular weight is 351 g/mol. The van der Waals surface area contributed by atoms with Crippen LogP contribution >= 0.6 is 0 Å². The first-order valence-corrected chi connectivity index (χ1v) is 9.53. The van der Waals surface area contributed by atoms with E-state index in [0.717, 1.165) is 0 Å². The number of hydrogen-bond donors (Lipinski definition) is 3. The lowest BCUT2D eigenvalue weighted by molar-refractivity contribution is 0.596. The van der Waals surface area contributed by atoms with Gasteiger partial charge < -0.3 is 4.98 Å². The molecule has 0 aliphatic rings. The number of aromatic amines is 1. The predicted octanol–water partition coefficient (Wildman–Crippen LogP) is 1.13. The van der Waals surface area contributed by atoms with Crippen molar-refractivity contribution in [1.82, 2.24) is 4.98 Å². The number of nitrogens with one attached hydrogen (secondary N) is 1. The van der Waals surface area contributed by atoms with Crippen molar-refractivity contribution in [1.29, 1.82) is 0 Å². The molecule has 5 N–H and O–H groups in total. The average Bonchev–Trinajstić information content (AvgIpc) is 2.88. The number of primary sulfonamides is 2. The molecule has 0 spiro atoms. The molecule has 0 aliphatic carbocycles. The molecule has 1 heterocycles. The second-order valence-corrected chi connectivity index (χ2v) is 8.09. The van der Waals surface area contributed by atoms with Gasteiger partial charge in [-0.3, -0.25) is 0 Å². The molecule has 2 aromatic carbocycles. The first kappa shape index (κ1) is 15.7. The summed E-state index contributed by atoms with van der Waals surface area (Å²) in [5, 5.41) is 11.0. The molecule has 0 amide bonds. The third-order valence-corrected chi connectivity index (χ3v) is 5.35. The number of hydrogen-bond acceptors (Lipinski definition) is 4. The Bertz CT molecular complexity index is 1120.